The Labute approximate surface area is 153 Å². The number of rotatable bonds is 4. The zero-order valence-electron chi connectivity index (χ0n) is 13.3. The van der Waals surface area contributed by atoms with Gasteiger partial charge in [-0.05, 0) is 48.2 Å². The van der Waals surface area contributed by atoms with Gasteiger partial charge in [-0.3, -0.25) is 4.79 Å². The molecule has 0 spiro atoms. The highest BCUT2D eigenvalue weighted by molar-refractivity contribution is 6.30. The van der Waals surface area contributed by atoms with Crippen LogP contribution in [0.4, 0.5) is 11.4 Å². The van der Waals surface area contributed by atoms with Crippen LogP contribution in [0.3, 0.4) is 0 Å². The van der Waals surface area contributed by atoms with Gasteiger partial charge < -0.3 is 16.0 Å². The number of hydrogen-bond donors (Lipinski definition) is 2. The van der Waals surface area contributed by atoms with Crippen LogP contribution in [0, 0.1) is 0 Å². The van der Waals surface area contributed by atoms with Gasteiger partial charge in [0.05, 0.1) is 6.54 Å². The molecule has 1 heterocycles. The van der Waals surface area contributed by atoms with Gasteiger partial charge >= 0.3 is 0 Å². The maximum absolute atomic E-state index is 12.2. The van der Waals surface area contributed by atoms with E-state index in [1.165, 1.54) is 0 Å². The normalized spacial score (nSPS) is 13.0. The number of carbonyl (C=O) groups is 1. The fourth-order valence-electron chi connectivity index (χ4n) is 2.92. The van der Waals surface area contributed by atoms with Gasteiger partial charge in [0.15, 0.2) is 0 Å². The van der Waals surface area contributed by atoms with Crippen molar-refractivity contribution in [1.29, 1.82) is 0 Å². The molecular formula is C18H21Cl2N3O. The molecule has 2 aromatic rings. The first-order valence-corrected chi connectivity index (χ1v) is 8.15. The molecule has 0 aliphatic carbocycles. The number of nitrogens with one attached hydrogen (secondary N) is 1. The zero-order chi connectivity index (χ0) is 16.2. The number of anilines is 2. The van der Waals surface area contributed by atoms with E-state index in [2.05, 4.69) is 10.2 Å². The van der Waals surface area contributed by atoms with Crippen molar-refractivity contribution in [2.45, 2.75) is 19.4 Å². The molecule has 4 nitrogen and oxygen atoms in total. The van der Waals surface area contributed by atoms with Crippen molar-refractivity contribution in [3.63, 3.8) is 0 Å². The molecule has 1 aliphatic rings. The largest absolute Gasteiger partial charge is 0.398 e. The van der Waals surface area contributed by atoms with Gasteiger partial charge in [0.25, 0.3) is 0 Å². The van der Waals surface area contributed by atoms with Crippen LogP contribution in [0.5, 0.6) is 0 Å². The summed E-state index contributed by atoms with van der Waals surface area (Å²) >= 11 is 5.86. The summed E-state index contributed by atoms with van der Waals surface area (Å²) in [6.45, 7) is 1.74. The van der Waals surface area contributed by atoms with E-state index in [0.717, 1.165) is 41.9 Å². The van der Waals surface area contributed by atoms with Gasteiger partial charge in [-0.1, -0.05) is 29.8 Å². The van der Waals surface area contributed by atoms with Crippen LogP contribution in [0.1, 0.15) is 17.5 Å². The third-order valence-electron chi connectivity index (χ3n) is 4.12. The monoisotopic (exact) mass is 365 g/mol. The van der Waals surface area contributed by atoms with Crippen LogP contribution in [-0.4, -0.2) is 19.0 Å². The molecule has 0 bridgehead atoms. The molecule has 0 aromatic heterocycles. The molecule has 0 fully saturated rings. The fourth-order valence-corrected chi connectivity index (χ4v) is 3.05. The van der Waals surface area contributed by atoms with Crippen LogP contribution in [0.15, 0.2) is 42.5 Å². The Bertz CT molecular complexity index is 704. The molecule has 0 atom stereocenters. The quantitative estimate of drug-likeness (QED) is 0.816. The van der Waals surface area contributed by atoms with Crippen molar-refractivity contribution in [3.05, 3.63) is 58.6 Å². The van der Waals surface area contributed by atoms with Crippen molar-refractivity contribution in [2.75, 3.05) is 23.7 Å². The van der Waals surface area contributed by atoms with Gasteiger partial charge in [-0.25, -0.2) is 0 Å². The lowest BCUT2D eigenvalue weighted by molar-refractivity contribution is -0.119. The molecule has 6 heteroatoms. The fraction of sp³-hybridized carbons (Fsp3) is 0.278. The molecule has 128 valence electrons. The summed E-state index contributed by atoms with van der Waals surface area (Å²) < 4.78 is 0. The summed E-state index contributed by atoms with van der Waals surface area (Å²) in [4.78, 5) is 14.3. The highest BCUT2D eigenvalue weighted by Gasteiger charge is 2.20. The van der Waals surface area contributed by atoms with E-state index in [1.807, 2.05) is 42.5 Å². The Hall–Kier alpha value is -1.91. The molecule has 1 amide bonds. The molecule has 0 unspecified atom stereocenters. The van der Waals surface area contributed by atoms with E-state index in [1.54, 1.807) is 0 Å². The van der Waals surface area contributed by atoms with Gasteiger partial charge in [0.1, 0.15) is 0 Å². The number of nitrogens with zero attached hydrogens (tertiary/aromatic N) is 1. The third kappa shape index (κ3) is 4.34. The lowest BCUT2D eigenvalue weighted by Gasteiger charge is -2.31. The number of amides is 1. The highest BCUT2D eigenvalue weighted by atomic mass is 35.5. The van der Waals surface area contributed by atoms with E-state index >= 15 is 0 Å². The van der Waals surface area contributed by atoms with Gasteiger partial charge in [-0.15, -0.1) is 12.4 Å². The standard InChI is InChI=1S/C18H20ClN3O.ClH/c19-14-8-6-13(7-9-14)11-21-18(23)12-22-10-2-3-15-16(20)4-1-5-17(15)22;/h1,4-9H,2-3,10-12,20H2,(H,21,23);1H. The molecule has 3 rings (SSSR count). The van der Waals surface area contributed by atoms with Crippen LogP contribution in [0.2, 0.25) is 5.02 Å². The second kappa shape index (κ2) is 8.27. The molecule has 1 aliphatic heterocycles. The number of benzene rings is 2. The summed E-state index contributed by atoms with van der Waals surface area (Å²) in [5, 5.41) is 3.65. The Morgan fingerprint density at radius 3 is 2.71 bits per heavy atom. The third-order valence-corrected chi connectivity index (χ3v) is 4.37. The Morgan fingerprint density at radius 1 is 1.21 bits per heavy atom. The number of halogens is 2. The predicted octanol–water partition coefficient (Wildman–Crippen LogP) is 3.41. The predicted molar refractivity (Wildman–Crippen MR) is 102 cm³/mol. The number of nitrogen functional groups attached to an aromatic ring is 1. The van der Waals surface area contributed by atoms with Gasteiger partial charge in [0.2, 0.25) is 5.91 Å². The van der Waals surface area contributed by atoms with Crippen molar-refractivity contribution >= 4 is 41.3 Å². The van der Waals surface area contributed by atoms with Crippen LogP contribution in [0.25, 0.3) is 0 Å². The van der Waals surface area contributed by atoms with Gasteiger partial charge in [0, 0.05) is 29.5 Å². The summed E-state index contributed by atoms with van der Waals surface area (Å²) in [6, 6.07) is 13.4. The minimum atomic E-state index is 0. The van der Waals surface area contributed by atoms with Crippen LogP contribution >= 0.6 is 24.0 Å². The lowest BCUT2D eigenvalue weighted by atomic mass is 10.00. The SMILES string of the molecule is Cl.Nc1cccc2c1CCCN2CC(=O)NCc1ccc(Cl)cc1. The first kappa shape index (κ1) is 18.4. The minimum absolute atomic E-state index is 0. The molecule has 0 saturated heterocycles. The van der Waals surface area contributed by atoms with Crippen molar-refractivity contribution in [3.8, 4) is 0 Å². The first-order valence-electron chi connectivity index (χ1n) is 7.77. The molecule has 0 saturated carbocycles. The van der Waals surface area contributed by atoms with Crippen LogP contribution < -0.4 is 16.0 Å². The Kier molecular flexibility index (Phi) is 6.35. The van der Waals surface area contributed by atoms with E-state index in [0.29, 0.717) is 18.1 Å². The number of carbonyl (C=O) groups excluding carboxylic acids is 1. The first-order chi connectivity index (χ1) is 11.1. The summed E-state index contributed by atoms with van der Waals surface area (Å²) in [5.74, 6) is 0.00947. The van der Waals surface area contributed by atoms with Crippen molar-refractivity contribution in [2.24, 2.45) is 0 Å². The van der Waals surface area contributed by atoms with E-state index in [4.69, 9.17) is 17.3 Å². The summed E-state index contributed by atoms with van der Waals surface area (Å²) in [7, 11) is 0. The van der Waals surface area contributed by atoms with Crippen LogP contribution in [-0.2, 0) is 17.8 Å². The smallest absolute Gasteiger partial charge is 0.239 e. The Balaban J connectivity index is 0.00000208. The number of fused-ring (bicyclic) bond motifs is 1. The summed E-state index contributed by atoms with van der Waals surface area (Å²) in [5.41, 5.74) is 10.1. The maximum Gasteiger partial charge on any atom is 0.239 e. The average Bonchev–Trinajstić information content (AvgIpc) is 2.55. The average molecular weight is 366 g/mol. The lowest BCUT2D eigenvalue weighted by Crippen LogP contribution is -2.39. The molecular weight excluding hydrogens is 345 g/mol. The second-order valence-electron chi connectivity index (χ2n) is 5.77. The number of nitrogens with two attached hydrogens (primary N) is 1. The Morgan fingerprint density at radius 2 is 1.96 bits per heavy atom. The molecule has 2 aromatic carbocycles. The molecule has 24 heavy (non-hydrogen) atoms. The van der Waals surface area contributed by atoms with Crippen molar-refractivity contribution in [1.82, 2.24) is 5.32 Å². The van der Waals surface area contributed by atoms with E-state index in [-0.39, 0.29) is 18.3 Å². The zero-order valence-corrected chi connectivity index (χ0v) is 14.9. The van der Waals surface area contributed by atoms with E-state index < -0.39 is 0 Å². The van der Waals surface area contributed by atoms with E-state index in [9.17, 15) is 4.79 Å². The number of hydrogen-bond acceptors (Lipinski definition) is 3. The summed E-state index contributed by atoms with van der Waals surface area (Å²) in [6.07, 6.45) is 2.00. The topological polar surface area (TPSA) is 58.4 Å². The minimum Gasteiger partial charge on any atom is -0.398 e. The van der Waals surface area contributed by atoms with Gasteiger partial charge in [-0.2, -0.15) is 0 Å². The maximum atomic E-state index is 12.2. The molecule has 3 N–H and O–H groups in total. The highest BCUT2D eigenvalue weighted by Crippen LogP contribution is 2.30. The molecule has 0 radical (unpaired) electrons. The second-order valence-corrected chi connectivity index (χ2v) is 6.21. The van der Waals surface area contributed by atoms with Crippen molar-refractivity contribution < 1.29 is 4.79 Å².